The van der Waals surface area contributed by atoms with Crippen molar-refractivity contribution < 1.29 is 14.3 Å². The summed E-state index contributed by atoms with van der Waals surface area (Å²) < 4.78 is 4.65. The number of hydrogen-bond acceptors (Lipinski definition) is 4. The molecule has 1 aromatic rings. The van der Waals surface area contributed by atoms with E-state index in [1.165, 1.54) is 7.11 Å². The molecule has 108 valence electrons. The first-order valence-corrected chi connectivity index (χ1v) is 6.89. The van der Waals surface area contributed by atoms with Gasteiger partial charge in [-0.1, -0.05) is 11.6 Å². The van der Waals surface area contributed by atoms with Gasteiger partial charge in [0.2, 0.25) is 5.91 Å². The molecule has 0 atom stereocenters. The predicted octanol–water partition coefficient (Wildman–Crippen LogP) is 2.21. The number of hydrogen-bond donors (Lipinski definition) is 2. The first-order chi connectivity index (χ1) is 9.60. The largest absolute Gasteiger partial charge is 0.465 e. The van der Waals surface area contributed by atoms with Gasteiger partial charge in [0.15, 0.2) is 0 Å². The van der Waals surface area contributed by atoms with Crippen molar-refractivity contribution in [3.63, 3.8) is 0 Å². The lowest BCUT2D eigenvalue weighted by atomic mass is 10.2. The molecule has 5 nitrogen and oxygen atoms in total. The number of anilines is 1. The lowest BCUT2D eigenvalue weighted by Crippen LogP contribution is -2.27. The highest BCUT2D eigenvalue weighted by Crippen LogP contribution is 2.23. The molecule has 0 saturated heterocycles. The van der Waals surface area contributed by atoms with E-state index >= 15 is 0 Å². The predicted molar refractivity (Wildman–Crippen MR) is 77.1 cm³/mol. The van der Waals surface area contributed by atoms with E-state index in [1.54, 1.807) is 18.2 Å². The van der Waals surface area contributed by atoms with E-state index < -0.39 is 5.97 Å². The van der Waals surface area contributed by atoms with E-state index in [0.717, 1.165) is 12.8 Å². The normalized spacial score (nSPS) is 13.7. The van der Waals surface area contributed by atoms with Crippen LogP contribution in [0.1, 0.15) is 29.6 Å². The van der Waals surface area contributed by atoms with Crippen LogP contribution in [0.5, 0.6) is 0 Å². The van der Waals surface area contributed by atoms with Crippen LogP contribution < -0.4 is 10.6 Å². The van der Waals surface area contributed by atoms with Crippen LogP contribution in [0.3, 0.4) is 0 Å². The highest BCUT2D eigenvalue weighted by Gasteiger charge is 2.22. The lowest BCUT2D eigenvalue weighted by molar-refractivity contribution is -0.120. The molecular formula is C14H17ClN2O3. The van der Waals surface area contributed by atoms with Gasteiger partial charge in [-0.2, -0.15) is 0 Å². The first-order valence-electron chi connectivity index (χ1n) is 6.51. The van der Waals surface area contributed by atoms with Gasteiger partial charge >= 0.3 is 5.97 Å². The Morgan fingerprint density at radius 1 is 1.40 bits per heavy atom. The zero-order valence-electron chi connectivity index (χ0n) is 11.2. The van der Waals surface area contributed by atoms with E-state index in [9.17, 15) is 9.59 Å². The van der Waals surface area contributed by atoms with Gasteiger partial charge in [0.25, 0.3) is 0 Å². The maximum absolute atomic E-state index is 11.5. The van der Waals surface area contributed by atoms with Crippen LogP contribution in [-0.4, -0.2) is 31.6 Å². The lowest BCUT2D eigenvalue weighted by Gasteiger charge is -2.10. The van der Waals surface area contributed by atoms with Crippen molar-refractivity contribution in [3.8, 4) is 0 Å². The Bertz CT molecular complexity index is 515. The Balaban J connectivity index is 1.87. The summed E-state index contributed by atoms with van der Waals surface area (Å²) in [6.07, 6.45) is 2.52. The standard InChI is InChI=1S/C14H17ClN2O3/c1-20-14(19)9-2-5-11(15)12(8-9)16-7-6-13(18)17-10-3-4-10/h2,5,8,10,16H,3-4,6-7H2,1H3,(H,17,18). The van der Waals surface area contributed by atoms with E-state index in [-0.39, 0.29) is 5.91 Å². The number of ether oxygens (including phenoxy) is 1. The van der Waals surface area contributed by atoms with Gasteiger partial charge in [-0.05, 0) is 31.0 Å². The highest BCUT2D eigenvalue weighted by molar-refractivity contribution is 6.33. The molecule has 0 heterocycles. The van der Waals surface area contributed by atoms with Crippen molar-refractivity contribution in [1.29, 1.82) is 0 Å². The van der Waals surface area contributed by atoms with Crippen molar-refractivity contribution in [2.24, 2.45) is 0 Å². The van der Waals surface area contributed by atoms with Crippen molar-refractivity contribution in [2.45, 2.75) is 25.3 Å². The zero-order valence-corrected chi connectivity index (χ0v) is 12.0. The van der Waals surface area contributed by atoms with Crippen LogP contribution >= 0.6 is 11.6 Å². The third kappa shape index (κ3) is 4.13. The fraction of sp³-hybridized carbons (Fsp3) is 0.429. The highest BCUT2D eigenvalue weighted by atomic mass is 35.5. The summed E-state index contributed by atoms with van der Waals surface area (Å²) in [4.78, 5) is 23.0. The maximum Gasteiger partial charge on any atom is 0.337 e. The average Bonchev–Trinajstić information content (AvgIpc) is 3.23. The second-order valence-corrected chi connectivity index (χ2v) is 5.11. The summed E-state index contributed by atoms with van der Waals surface area (Å²) in [7, 11) is 1.33. The minimum absolute atomic E-state index is 0.0280. The van der Waals surface area contributed by atoms with Crippen molar-refractivity contribution in [3.05, 3.63) is 28.8 Å². The van der Waals surface area contributed by atoms with Gasteiger partial charge in [-0.25, -0.2) is 4.79 Å². The molecule has 20 heavy (non-hydrogen) atoms. The smallest absolute Gasteiger partial charge is 0.337 e. The number of carbonyl (C=O) groups excluding carboxylic acids is 2. The molecule has 1 fully saturated rings. The van der Waals surface area contributed by atoms with Crippen LogP contribution in [0, 0.1) is 0 Å². The number of esters is 1. The Morgan fingerprint density at radius 2 is 2.15 bits per heavy atom. The number of carbonyl (C=O) groups is 2. The van der Waals surface area contributed by atoms with Gasteiger partial charge in [0.1, 0.15) is 0 Å². The minimum Gasteiger partial charge on any atom is -0.465 e. The van der Waals surface area contributed by atoms with Crippen LogP contribution in [-0.2, 0) is 9.53 Å². The summed E-state index contributed by atoms with van der Waals surface area (Å²) in [5, 5.41) is 6.46. The average molecular weight is 297 g/mol. The Hall–Kier alpha value is -1.75. The molecule has 0 aromatic heterocycles. The third-order valence-corrected chi connectivity index (χ3v) is 3.33. The van der Waals surface area contributed by atoms with E-state index in [2.05, 4.69) is 15.4 Å². The van der Waals surface area contributed by atoms with Crippen LogP contribution in [0.2, 0.25) is 5.02 Å². The molecule has 1 aliphatic rings. The number of halogens is 1. The van der Waals surface area contributed by atoms with E-state index in [1.807, 2.05) is 0 Å². The maximum atomic E-state index is 11.5. The second-order valence-electron chi connectivity index (χ2n) is 4.70. The molecule has 2 N–H and O–H groups in total. The van der Waals surface area contributed by atoms with Gasteiger partial charge in [0, 0.05) is 19.0 Å². The van der Waals surface area contributed by atoms with Gasteiger partial charge < -0.3 is 15.4 Å². The summed E-state index contributed by atoms with van der Waals surface area (Å²) in [6.45, 7) is 0.461. The van der Waals surface area contributed by atoms with E-state index in [0.29, 0.717) is 35.3 Å². The quantitative estimate of drug-likeness (QED) is 0.790. The fourth-order valence-electron chi connectivity index (χ4n) is 1.74. The first kappa shape index (κ1) is 14.7. The van der Waals surface area contributed by atoms with Crippen LogP contribution in [0.25, 0.3) is 0 Å². The molecule has 0 spiro atoms. The van der Waals surface area contributed by atoms with Gasteiger partial charge in [0.05, 0.1) is 23.4 Å². The molecule has 6 heteroatoms. The Labute approximate surface area is 122 Å². The minimum atomic E-state index is -0.420. The molecule has 1 saturated carbocycles. The van der Waals surface area contributed by atoms with Crippen molar-refractivity contribution in [1.82, 2.24) is 5.32 Å². The summed E-state index contributed by atoms with van der Waals surface area (Å²) in [5.41, 5.74) is 1.04. The monoisotopic (exact) mass is 296 g/mol. The number of methoxy groups -OCH3 is 1. The summed E-state index contributed by atoms with van der Waals surface area (Å²) in [5.74, 6) is -0.392. The summed E-state index contributed by atoms with van der Waals surface area (Å²) in [6, 6.07) is 5.21. The number of rotatable bonds is 6. The SMILES string of the molecule is COC(=O)c1ccc(Cl)c(NCCC(=O)NC2CC2)c1. The number of amides is 1. The van der Waals surface area contributed by atoms with Gasteiger partial charge in [-0.15, -0.1) is 0 Å². The third-order valence-electron chi connectivity index (χ3n) is 3.00. The zero-order chi connectivity index (χ0) is 14.5. The van der Waals surface area contributed by atoms with Crippen LogP contribution in [0.4, 0.5) is 5.69 Å². The number of benzene rings is 1. The molecule has 1 aromatic carbocycles. The topological polar surface area (TPSA) is 67.4 Å². The molecule has 2 rings (SSSR count). The molecule has 1 aliphatic carbocycles. The molecule has 0 bridgehead atoms. The molecule has 0 radical (unpaired) electrons. The fourth-order valence-corrected chi connectivity index (χ4v) is 1.93. The Morgan fingerprint density at radius 3 is 2.80 bits per heavy atom. The summed E-state index contributed by atoms with van der Waals surface area (Å²) >= 11 is 6.04. The van der Waals surface area contributed by atoms with Crippen LogP contribution in [0.15, 0.2) is 18.2 Å². The molecule has 1 amide bonds. The molecular weight excluding hydrogens is 280 g/mol. The van der Waals surface area contributed by atoms with Gasteiger partial charge in [-0.3, -0.25) is 4.79 Å². The number of nitrogens with one attached hydrogen (secondary N) is 2. The molecule has 0 unspecified atom stereocenters. The Kier molecular flexibility index (Phi) is 4.84. The van der Waals surface area contributed by atoms with Crippen molar-refractivity contribution in [2.75, 3.05) is 19.0 Å². The molecule has 0 aliphatic heterocycles. The second kappa shape index (κ2) is 6.61. The van der Waals surface area contributed by atoms with E-state index in [4.69, 9.17) is 11.6 Å². The van der Waals surface area contributed by atoms with Crippen molar-refractivity contribution >= 4 is 29.2 Å².